The fourth-order valence-electron chi connectivity index (χ4n) is 3.39. The zero-order valence-electron chi connectivity index (χ0n) is 16.6. The van der Waals surface area contributed by atoms with Gasteiger partial charge in [0.2, 0.25) is 5.91 Å². The fraction of sp³-hybridized carbons (Fsp3) is 0.429. The molecule has 0 atom stereocenters. The number of nitrogens with one attached hydrogen (secondary N) is 2. The molecule has 0 fully saturated rings. The third-order valence-corrected chi connectivity index (χ3v) is 5.91. The number of carbonyl (C=O) groups is 1. The number of hydrogen-bond acceptors (Lipinski definition) is 5. The van der Waals surface area contributed by atoms with Gasteiger partial charge in [0.05, 0.1) is 13.2 Å². The normalized spacial score (nSPS) is 16.0. The van der Waals surface area contributed by atoms with Crippen LogP contribution >= 0.6 is 11.3 Å². The van der Waals surface area contributed by atoms with Crippen molar-refractivity contribution in [1.82, 2.24) is 10.2 Å². The number of aliphatic imine (C=N–C) groups is 1. The van der Waals surface area contributed by atoms with Gasteiger partial charge in [-0.05, 0) is 42.5 Å². The molecule has 0 unspecified atom stereocenters. The van der Waals surface area contributed by atoms with Gasteiger partial charge in [-0.15, -0.1) is 11.3 Å². The standard InChI is InChI=1S/C21H26N4O3S/c1-2-22-21(24-16-4-5-17-18(12-16)28-10-3-9-27-17)23-13-20(26)25-8-6-19-15(14-25)7-11-29-19/h4-5,7,11-12H,2-3,6,8-10,13-14H2,1H3,(H2,22,23,24). The molecule has 0 spiro atoms. The number of ether oxygens (including phenoxy) is 2. The third-order valence-electron chi connectivity index (χ3n) is 4.89. The van der Waals surface area contributed by atoms with E-state index in [2.05, 4.69) is 27.1 Å². The van der Waals surface area contributed by atoms with Crippen molar-refractivity contribution in [2.45, 2.75) is 26.3 Å². The van der Waals surface area contributed by atoms with Crippen LogP contribution in [0.1, 0.15) is 23.8 Å². The Kier molecular flexibility index (Phi) is 6.19. The Balaban J connectivity index is 1.40. The molecule has 0 saturated carbocycles. The van der Waals surface area contributed by atoms with Gasteiger partial charge in [0, 0.05) is 42.7 Å². The van der Waals surface area contributed by atoms with Gasteiger partial charge >= 0.3 is 0 Å². The molecule has 2 aromatic rings. The molecule has 0 saturated heterocycles. The highest BCUT2D eigenvalue weighted by Gasteiger charge is 2.21. The number of rotatable bonds is 4. The summed E-state index contributed by atoms with van der Waals surface area (Å²) >= 11 is 1.77. The van der Waals surface area contributed by atoms with E-state index in [0.29, 0.717) is 32.3 Å². The van der Waals surface area contributed by atoms with Gasteiger partial charge in [0.1, 0.15) is 6.54 Å². The van der Waals surface area contributed by atoms with Crippen LogP contribution in [0.2, 0.25) is 0 Å². The van der Waals surface area contributed by atoms with Crippen molar-refractivity contribution < 1.29 is 14.3 Å². The van der Waals surface area contributed by atoms with Crippen LogP contribution in [-0.2, 0) is 17.8 Å². The molecule has 0 aliphatic carbocycles. The van der Waals surface area contributed by atoms with Crippen molar-refractivity contribution in [3.05, 3.63) is 40.1 Å². The Hall–Kier alpha value is -2.74. The van der Waals surface area contributed by atoms with E-state index in [4.69, 9.17) is 9.47 Å². The molecule has 2 N–H and O–H groups in total. The highest BCUT2D eigenvalue weighted by Crippen LogP contribution is 2.32. The first-order valence-electron chi connectivity index (χ1n) is 10.0. The molecule has 2 aliphatic rings. The number of hydrogen-bond donors (Lipinski definition) is 2. The molecular weight excluding hydrogens is 388 g/mol. The van der Waals surface area contributed by atoms with E-state index in [9.17, 15) is 4.79 Å². The Labute approximate surface area is 174 Å². The summed E-state index contributed by atoms with van der Waals surface area (Å²) in [7, 11) is 0. The molecule has 7 nitrogen and oxygen atoms in total. The van der Waals surface area contributed by atoms with Crippen molar-refractivity contribution in [2.75, 3.05) is 38.2 Å². The molecule has 154 valence electrons. The molecule has 1 aromatic carbocycles. The van der Waals surface area contributed by atoms with E-state index in [1.807, 2.05) is 30.0 Å². The average molecular weight is 415 g/mol. The summed E-state index contributed by atoms with van der Waals surface area (Å²) in [4.78, 5) is 20.4. The minimum atomic E-state index is 0.0396. The Bertz CT molecular complexity index is 896. The lowest BCUT2D eigenvalue weighted by Crippen LogP contribution is -2.38. The second kappa shape index (κ2) is 9.17. The molecule has 4 rings (SSSR count). The van der Waals surface area contributed by atoms with Crippen LogP contribution in [0, 0.1) is 0 Å². The average Bonchev–Trinajstić information content (AvgIpc) is 3.08. The first-order valence-corrected chi connectivity index (χ1v) is 10.9. The van der Waals surface area contributed by atoms with E-state index < -0.39 is 0 Å². The number of nitrogens with zero attached hydrogens (tertiary/aromatic N) is 2. The molecule has 1 amide bonds. The number of guanidine groups is 1. The van der Waals surface area contributed by atoms with Gasteiger partial charge in [-0.1, -0.05) is 0 Å². The number of anilines is 1. The number of thiophene rings is 1. The Morgan fingerprint density at radius 2 is 2.10 bits per heavy atom. The van der Waals surface area contributed by atoms with Gasteiger partial charge in [0.25, 0.3) is 0 Å². The predicted molar refractivity (Wildman–Crippen MR) is 115 cm³/mol. The third kappa shape index (κ3) is 4.82. The van der Waals surface area contributed by atoms with Gasteiger partial charge in [-0.3, -0.25) is 4.79 Å². The summed E-state index contributed by atoms with van der Waals surface area (Å²) in [6.45, 7) is 5.55. The first kappa shape index (κ1) is 19.6. The second-order valence-electron chi connectivity index (χ2n) is 6.97. The lowest BCUT2D eigenvalue weighted by Gasteiger charge is -2.26. The second-order valence-corrected chi connectivity index (χ2v) is 7.97. The maximum Gasteiger partial charge on any atom is 0.244 e. The maximum absolute atomic E-state index is 12.7. The van der Waals surface area contributed by atoms with E-state index >= 15 is 0 Å². The molecule has 1 aromatic heterocycles. The highest BCUT2D eigenvalue weighted by molar-refractivity contribution is 7.10. The first-order chi connectivity index (χ1) is 14.2. The Morgan fingerprint density at radius 3 is 2.97 bits per heavy atom. The van der Waals surface area contributed by atoms with E-state index in [-0.39, 0.29) is 12.5 Å². The van der Waals surface area contributed by atoms with Crippen LogP contribution in [-0.4, -0.2) is 49.6 Å². The van der Waals surface area contributed by atoms with Crippen molar-refractivity contribution in [3.8, 4) is 11.5 Å². The molecule has 0 radical (unpaired) electrons. The van der Waals surface area contributed by atoms with Crippen molar-refractivity contribution in [3.63, 3.8) is 0 Å². The van der Waals surface area contributed by atoms with Gasteiger partial charge in [-0.2, -0.15) is 0 Å². The molecule has 8 heteroatoms. The highest BCUT2D eigenvalue weighted by atomic mass is 32.1. The summed E-state index contributed by atoms with van der Waals surface area (Å²) in [5.41, 5.74) is 2.10. The SMILES string of the molecule is CCNC(=NCC(=O)N1CCc2sccc2C1)Nc1ccc2c(c1)OCCCO2. The van der Waals surface area contributed by atoms with Crippen LogP contribution in [0.25, 0.3) is 0 Å². The fourth-order valence-corrected chi connectivity index (χ4v) is 4.28. The van der Waals surface area contributed by atoms with Crippen molar-refractivity contribution >= 4 is 28.9 Å². The number of carbonyl (C=O) groups excluding carboxylic acids is 1. The van der Waals surface area contributed by atoms with Crippen LogP contribution in [0.15, 0.2) is 34.6 Å². The Morgan fingerprint density at radius 1 is 1.24 bits per heavy atom. The monoisotopic (exact) mass is 414 g/mol. The van der Waals surface area contributed by atoms with Crippen LogP contribution < -0.4 is 20.1 Å². The van der Waals surface area contributed by atoms with Gasteiger partial charge in [0.15, 0.2) is 17.5 Å². The van der Waals surface area contributed by atoms with Crippen LogP contribution in [0.5, 0.6) is 11.5 Å². The summed E-state index contributed by atoms with van der Waals surface area (Å²) in [5, 5.41) is 8.54. The number of fused-ring (bicyclic) bond motifs is 2. The zero-order valence-corrected chi connectivity index (χ0v) is 17.4. The summed E-state index contributed by atoms with van der Waals surface area (Å²) in [6.07, 6.45) is 1.80. The molecular formula is C21H26N4O3S. The molecule has 29 heavy (non-hydrogen) atoms. The van der Waals surface area contributed by atoms with Crippen LogP contribution in [0.4, 0.5) is 5.69 Å². The lowest BCUT2D eigenvalue weighted by atomic mass is 10.1. The minimum absolute atomic E-state index is 0.0396. The molecule has 2 aliphatic heterocycles. The van der Waals surface area contributed by atoms with E-state index in [1.54, 1.807) is 11.3 Å². The predicted octanol–water partition coefficient (Wildman–Crippen LogP) is 2.87. The quantitative estimate of drug-likeness (QED) is 0.594. The van der Waals surface area contributed by atoms with Crippen molar-refractivity contribution in [1.29, 1.82) is 0 Å². The van der Waals surface area contributed by atoms with E-state index in [0.717, 1.165) is 36.6 Å². The summed E-state index contributed by atoms with van der Waals surface area (Å²) in [6, 6.07) is 7.82. The smallest absolute Gasteiger partial charge is 0.244 e. The summed E-state index contributed by atoms with van der Waals surface area (Å²) < 4.78 is 11.4. The largest absolute Gasteiger partial charge is 0.490 e. The molecule has 3 heterocycles. The lowest BCUT2D eigenvalue weighted by molar-refractivity contribution is -0.130. The number of amides is 1. The van der Waals surface area contributed by atoms with Gasteiger partial charge < -0.3 is 25.0 Å². The number of benzene rings is 1. The van der Waals surface area contributed by atoms with Crippen LogP contribution in [0.3, 0.4) is 0 Å². The zero-order chi connectivity index (χ0) is 20.1. The summed E-state index contributed by atoms with van der Waals surface area (Å²) in [5.74, 6) is 2.09. The van der Waals surface area contributed by atoms with E-state index in [1.165, 1.54) is 10.4 Å². The van der Waals surface area contributed by atoms with Gasteiger partial charge in [-0.25, -0.2) is 4.99 Å². The molecule has 0 bridgehead atoms. The minimum Gasteiger partial charge on any atom is -0.490 e. The maximum atomic E-state index is 12.7. The van der Waals surface area contributed by atoms with Crippen molar-refractivity contribution in [2.24, 2.45) is 4.99 Å². The topological polar surface area (TPSA) is 75.2 Å².